The van der Waals surface area contributed by atoms with E-state index in [1.165, 1.54) is 30.5 Å². The summed E-state index contributed by atoms with van der Waals surface area (Å²) in [5.41, 5.74) is 1.20. The Bertz CT molecular complexity index is 895. The normalized spacial score (nSPS) is 11.2. The minimum absolute atomic E-state index is 0.211. The fourth-order valence-corrected chi connectivity index (χ4v) is 3.87. The molecule has 118 valence electrons. The molecule has 0 saturated carbocycles. The van der Waals surface area contributed by atoms with Gasteiger partial charge < -0.3 is 5.32 Å². The predicted octanol–water partition coefficient (Wildman–Crippen LogP) is 3.83. The predicted molar refractivity (Wildman–Crippen MR) is 89.0 cm³/mol. The Kier molecular flexibility index (Phi) is 4.26. The second-order valence-corrected chi connectivity index (χ2v) is 7.46. The molecule has 0 saturated heterocycles. The third kappa shape index (κ3) is 3.85. The second-order valence-electron chi connectivity index (χ2n) is 4.61. The van der Waals surface area contributed by atoms with Gasteiger partial charge in [0.2, 0.25) is 0 Å². The molecule has 0 aliphatic heterocycles. The molecule has 3 rings (SSSR count). The van der Waals surface area contributed by atoms with Crippen molar-refractivity contribution in [3.8, 4) is 0 Å². The highest BCUT2D eigenvalue weighted by Crippen LogP contribution is 2.21. The fourth-order valence-electron chi connectivity index (χ4n) is 1.87. The number of nitrogens with one attached hydrogen (secondary N) is 2. The number of pyridine rings is 1. The van der Waals surface area contributed by atoms with E-state index in [1.807, 2.05) is 0 Å². The number of thiophene rings is 1. The van der Waals surface area contributed by atoms with Crippen molar-refractivity contribution in [3.05, 3.63) is 65.9 Å². The van der Waals surface area contributed by atoms with Crippen LogP contribution in [-0.2, 0) is 10.0 Å². The van der Waals surface area contributed by atoms with Gasteiger partial charge in [0, 0.05) is 5.69 Å². The fraction of sp³-hybridized carbons (Fsp3) is 0. The zero-order valence-electron chi connectivity index (χ0n) is 11.7. The smallest absolute Gasteiger partial charge is 0.272 e. The lowest BCUT2D eigenvalue weighted by molar-refractivity contribution is 0.603. The van der Waals surface area contributed by atoms with E-state index in [0.717, 1.165) is 11.3 Å². The van der Waals surface area contributed by atoms with Crippen molar-refractivity contribution in [2.75, 3.05) is 10.0 Å². The van der Waals surface area contributed by atoms with Crippen LogP contribution in [0.25, 0.3) is 0 Å². The maximum atomic E-state index is 13.1. The average Bonchev–Trinajstić information content (AvgIpc) is 3.04. The van der Waals surface area contributed by atoms with Crippen LogP contribution in [0.5, 0.6) is 0 Å². The highest BCUT2D eigenvalue weighted by atomic mass is 32.2. The van der Waals surface area contributed by atoms with Crippen LogP contribution in [0.1, 0.15) is 0 Å². The van der Waals surface area contributed by atoms with Crippen molar-refractivity contribution in [2.24, 2.45) is 0 Å². The first kappa shape index (κ1) is 15.4. The summed E-state index contributed by atoms with van der Waals surface area (Å²) in [6.45, 7) is 0. The average molecular weight is 349 g/mol. The molecule has 8 heteroatoms. The van der Waals surface area contributed by atoms with Crippen LogP contribution in [0, 0.1) is 5.82 Å². The van der Waals surface area contributed by atoms with Crippen LogP contribution in [-0.4, -0.2) is 13.4 Å². The number of benzene rings is 1. The molecule has 0 spiro atoms. The molecular formula is C15H12FN3O2S2. The number of hydrogen-bond acceptors (Lipinski definition) is 5. The summed E-state index contributed by atoms with van der Waals surface area (Å²) in [5, 5.41) is 4.67. The van der Waals surface area contributed by atoms with Gasteiger partial charge in [-0.1, -0.05) is 12.1 Å². The zero-order chi connectivity index (χ0) is 16.3. The SMILES string of the molecule is O=S(=O)(Nc1ccc(Nc2cccc(F)c2)cn1)c1cccs1. The second kappa shape index (κ2) is 6.35. The van der Waals surface area contributed by atoms with Crippen molar-refractivity contribution in [2.45, 2.75) is 4.21 Å². The summed E-state index contributed by atoms with van der Waals surface area (Å²) >= 11 is 1.13. The molecule has 0 fully saturated rings. The van der Waals surface area contributed by atoms with Gasteiger partial charge in [-0.25, -0.2) is 17.8 Å². The molecule has 0 unspecified atom stereocenters. The van der Waals surface area contributed by atoms with Crippen LogP contribution in [0.15, 0.2) is 64.3 Å². The van der Waals surface area contributed by atoms with Crippen LogP contribution >= 0.6 is 11.3 Å². The number of halogens is 1. The van der Waals surface area contributed by atoms with Gasteiger partial charge >= 0.3 is 0 Å². The molecule has 1 aromatic carbocycles. The molecule has 0 aliphatic rings. The molecule has 0 atom stereocenters. The summed E-state index contributed by atoms with van der Waals surface area (Å²) in [7, 11) is -3.61. The van der Waals surface area contributed by atoms with E-state index in [9.17, 15) is 12.8 Å². The number of anilines is 3. The van der Waals surface area contributed by atoms with Crippen molar-refractivity contribution >= 4 is 38.6 Å². The number of sulfonamides is 1. The van der Waals surface area contributed by atoms with Gasteiger partial charge in [0.1, 0.15) is 15.8 Å². The molecule has 2 N–H and O–H groups in total. The van der Waals surface area contributed by atoms with Gasteiger partial charge in [0.05, 0.1) is 11.9 Å². The van der Waals surface area contributed by atoms with Crippen molar-refractivity contribution in [1.82, 2.24) is 4.98 Å². The van der Waals surface area contributed by atoms with E-state index >= 15 is 0 Å². The summed E-state index contributed by atoms with van der Waals surface area (Å²) < 4.78 is 39.9. The van der Waals surface area contributed by atoms with E-state index < -0.39 is 10.0 Å². The minimum atomic E-state index is -3.61. The van der Waals surface area contributed by atoms with Gasteiger partial charge in [-0.05, 0) is 41.8 Å². The highest BCUT2D eigenvalue weighted by molar-refractivity contribution is 7.94. The molecule has 5 nitrogen and oxygen atoms in total. The van der Waals surface area contributed by atoms with Crippen LogP contribution in [0.4, 0.5) is 21.6 Å². The van der Waals surface area contributed by atoms with Crippen LogP contribution in [0.3, 0.4) is 0 Å². The van der Waals surface area contributed by atoms with Crippen LogP contribution in [0.2, 0.25) is 0 Å². The molecule has 0 bridgehead atoms. The monoisotopic (exact) mass is 349 g/mol. The lowest BCUT2D eigenvalue weighted by atomic mass is 10.3. The Balaban J connectivity index is 1.72. The van der Waals surface area contributed by atoms with Crippen molar-refractivity contribution < 1.29 is 12.8 Å². The van der Waals surface area contributed by atoms with Crippen LogP contribution < -0.4 is 10.0 Å². The Morgan fingerprint density at radius 1 is 1.04 bits per heavy atom. The molecule has 3 aromatic rings. The van der Waals surface area contributed by atoms with Gasteiger partial charge in [-0.3, -0.25) is 4.72 Å². The zero-order valence-corrected chi connectivity index (χ0v) is 13.4. The Hall–Kier alpha value is -2.45. The lowest BCUT2D eigenvalue weighted by Gasteiger charge is -2.08. The highest BCUT2D eigenvalue weighted by Gasteiger charge is 2.15. The first-order chi connectivity index (χ1) is 11.0. The molecular weight excluding hydrogens is 337 g/mol. The van der Waals surface area contributed by atoms with E-state index in [4.69, 9.17) is 0 Å². The van der Waals surface area contributed by atoms with Gasteiger partial charge in [-0.15, -0.1) is 11.3 Å². The summed E-state index contributed by atoms with van der Waals surface area (Å²) in [6.07, 6.45) is 1.47. The summed E-state index contributed by atoms with van der Waals surface area (Å²) in [5.74, 6) is -0.133. The van der Waals surface area contributed by atoms with E-state index in [-0.39, 0.29) is 15.8 Å². The first-order valence-electron chi connectivity index (χ1n) is 6.58. The third-order valence-corrected chi connectivity index (χ3v) is 5.63. The Morgan fingerprint density at radius 3 is 2.57 bits per heavy atom. The maximum Gasteiger partial charge on any atom is 0.272 e. The van der Waals surface area contributed by atoms with Gasteiger partial charge in [0.15, 0.2) is 0 Å². The minimum Gasteiger partial charge on any atom is -0.354 e. The van der Waals surface area contributed by atoms with Crippen molar-refractivity contribution in [3.63, 3.8) is 0 Å². The molecule has 2 aromatic heterocycles. The Morgan fingerprint density at radius 2 is 1.91 bits per heavy atom. The first-order valence-corrected chi connectivity index (χ1v) is 8.94. The molecule has 0 radical (unpaired) electrons. The maximum absolute atomic E-state index is 13.1. The summed E-state index contributed by atoms with van der Waals surface area (Å²) in [6, 6.07) is 12.4. The largest absolute Gasteiger partial charge is 0.354 e. The summed E-state index contributed by atoms with van der Waals surface area (Å²) in [4.78, 5) is 4.05. The number of aromatic nitrogens is 1. The number of nitrogens with zero attached hydrogens (tertiary/aromatic N) is 1. The van der Waals surface area contributed by atoms with Crippen molar-refractivity contribution in [1.29, 1.82) is 0 Å². The van der Waals surface area contributed by atoms with E-state index in [2.05, 4.69) is 15.0 Å². The quantitative estimate of drug-likeness (QED) is 0.734. The molecule has 0 amide bonds. The third-order valence-electron chi connectivity index (χ3n) is 2.88. The van der Waals surface area contributed by atoms with E-state index in [0.29, 0.717) is 11.4 Å². The topological polar surface area (TPSA) is 71.1 Å². The lowest BCUT2D eigenvalue weighted by Crippen LogP contribution is -2.12. The molecule has 0 aliphatic carbocycles. The van der Waals surface area contributed by atoms with Gasteiger partial charge in [-0.2, -0.15) is 0 Å². The molecule has 2 heterocycles. The van der Waals surface area contributed by atoms with Gasteiger partial charge in [0.25, 0.3) is 10.0 Å². The standard InChI is InChI=1S/C15H12FN3O2S2/c16-11-3-1-4-12(9-11)18-13-6-7-14(17-10-13)19-23(20,21)15-5-2-8-22-15/h1-10,18H,(H,17,19). The number of rotatable bonds is 5. The number of hydrogen-bond donors (Lipinski definition) is 2. The Labute approximate surface area is 136 Å². The molecule has 23 heavy (non-hydrogen) atoms. The van der Waals surface area contributed by atoms with E-state index in [1.54, 1.807) is 29.6 Å².